The van der Waals surface area contributed by atoms with Crippen LogP contribution in [-0.4, -0.2) is 39.4 Å². The van der Waals surface area contributed by atoms with E-state index in [-0.39, 0.29) is 17.8 Å². The van der Waals surface area contributed by atoms with Crippen LogP contribution in [0.15, 0.2) is 35.0 Å². The molecule has 140 valence electrons. The molecular weight excluding hydrogens is 353 g/mol. The second-order valence-electron chi connectivity index (χ2n) is 6.23. The molecule has 1 aliphatic rings. The first-order valence-electron chi connectivity index (χ1n) is 8.72. The van der Waals surface area contributed by atoms with Crippen LogP contribution >= 0.6 is 0 Å². The molecule has 1 aromatic carbocycles. The molecule has 9 heteroatoms. The molecule has 2 N–H and O–H groups in total. The van der Waals surface area contributed by atoms with E-state index in [1.165, 1.54) is 18.3 Å². The highest BCUT2D eigenvalue weighted by atomic mass is 19.1. The van der Waals surface area contributed by atoms with Crippen LogP contribution in [0.2, 0.25) is 0 Å². The van der Waals surface area contributed by atoms with Crippen molar-refractivity contribution in [3.05, 3.63) is 53.6 Å². The number of ether oxygens (including phenoxy) is 1. The minimum absolute atomic E-state index is 0.124. The minimum Gasteiger partial charge on any atom is -0.368 e. The van der Waals surface area contributed by atoms with E-state index in [9.17, 15) is 9.18 Å². The van der Waals surface area contributed by atoms with Crippen molar-refractivity contribution in [3.63, 3.8) is 0 Å². The van der Waals surface area contributed by atoms with Crippen molar-refractivity contribution in [2.75, 3.05) is 13.2 Å². The lowest BCUT2D eigenvalue weighted by atomic mass is 10.1. The topological polar surface area (TPSA) is 106 Å². The van der Waals surface area contributed by atoms with Crippen molar-refractivity contribution >= 4 is 5.91 Å². The molecule has 0 saturated carbocycles. The van der Waals surface area contributed by atoms with Crippen molar-refractivity contribution in [2.24, 2.45) is 0 Å². The van der Waals surface area contributed by atoms with Gasteiger partial charge >= 0.3 is 0 Å². The van der Waals surface area contributed by atoms with E-state index >= 15 is 0 Å². The number of rotatable bonds is 6. The molecule has 1 saturated heterocycles. The van der Waals surface area contributed by atoms with Gasteiger partial charge in [-0.15, -0.1) is 0 Å². The van der Waals surface area contributed by atoms with Crippen molar-refractivity contribution in [1.82, 2.24) is 25.7 Å². The number of hydrogen-bond acceptors (Lipinski definition) is 6. The highest BCUT2D eigenvalue weighted by molar-refractivity contribution is 5.99. The lowest BCUT2D eigenvalue weighted by Gasteiger charge is -2.05. The SMILES string of the molecule is O=C(NCCc1noc([C@H]2CCCO2)n1)c1cn[nH]c1-c1cccc(F)c1. The van der Waals surface area contributed by atoms with Crippen LogP contribution in [0, 0.1) is 5.82 Å². The van der Waals surface area contributed by atoms with Crippen molar-refractivity contribution in [2.45, 2.75) is 25.4 Å². The lowest BCUT2D eigenvalue weighted by molar-refractivity contribution is 0.0835. The number of nitrogens with one attached hydrogen (secondary N) is 2. The van der Waals surface area contributed by atoms with Crippen molar-refractivity contribution in [1.29, 1.82) is 0 Å². The summed E-state index contributed by atoms with van der Waals surface area (Å²) >= 11 is 0. The Balaban J connectivity index is 1.36. The summed E-state index contributed by atoms with van der Waals surface area (Å²) in [5.74, 6) is 0.300. The highest BCUT2D eigenvalue weighted by Gasteiger charge is 2.23. The number of nitrogens with zero attached hydrogens (tertiary/aromatic N) is 3. The van der Waals surface area contributed by atoms with Gasteiger partial charge in [-0.05, 0) is 25.0 Å². The number of aromatic amines is 1. The molecule has 0 unspecified atom stereocenters. The Morgan fingerprint density at radius 3 is 3.15 bits per heavy atom. The van der Waals surface area contributed by atoms with Gasteiger partial charge in [0.2, 0.25) is 0 Å². The molecule has 1 amide bonds. The molecule has 27 heavy (non-hydrogen) atoms. The van der Waals surface area contributed by atoms with Crippen LogP contribution in [0.1, 0.15) is 41.0 Å². The van der Waals surface area contributed by atoms with Crippen LogP contribution in [0.5, 0.6) is 0 Å². The molecule has 1 fully saturated rings. The molecule has 8 nitrogen and oxygen atoms in total. The summed E-state index contributed by atoms with van der Waals surface area (Å²) < 4.78 is 24.2. The summed E-state index contributed by atoms with van der Waals surface area (Å²) in [6.45, 7) is 1.04. The van der Waals surface area contributed by atoms with Crippen LogP contribution in [0.3, 0.4) is 0 Å². The molecule has 1 aliphatic heterocycles. The van der Waals surface area contributed by atoms with Gasteiger partial charge in [-0.2, -0.15) is 10.1 Å². The number of benzene rings is 1. The van der Waals surface area contributed by atoms with Crippen LogP contribution in [0.25, 0.3) is 11.3 Å². The standard InChI is InChI=1S/C18H18FN5O3/c19-12-4-1-3-11(9-12)16-13(10-21-23-16)17(25)20-7-6-15-22-18(27-24-15)14-5-2-8-26-14/h1,3-4,9-10,14H,2,5-8H2,(H,20,25)(H,21,23)/t14-/m1/s1. The monoisotopic (exact) mass is 371 g/mol. The number of amides is 1. The van der Waals surface area contributed by atoms with Gasteiger partial charge in [0, 0.05) is 25.1 Å². The predicted molar refractivity (Wildman–Crippen MR) is 92.2 cm³/mol. The molecule has 4 rings (SSSR count). The number of H-pyrrole nitrogens is 1. The summed E-state index contributed by atoms with van der Waals surface area (Å²) in [4.78, 5) is 16.8. The second-order valence-corrected chi connectivity index (χ2v) is 6.23. The van der Waals surface area contributed by atoms with Crippen LogP contribution in [-0.2, 0) is 11.2 Å². The van der Waals surface area contributed by atoms with Gasteiger partial charge < -0.3 is 14.6 Å². The van der Waals surface area contributed by atoms with Gasteiger partial charge in [0.05, 0.1) is 17.5 Å². The van der Waals surface area contributed by atoms with E-state index < -0.39 is 0 Å². The molecule has 0 aliphatic carbocycles. The maximum atomic E-state index is 13.4. The predicted octanol–water partition coefficient (Wildman–Crippen LogP) is 2.42. The Hall–Kier alpha value is -3.07. The average molecular weight is 371 g/mol. The molecule has 0 bridgehead atoms. The molecule has 0 radical (unpaired) electrons. The summed E-state index contributed by atoms with van der Waals surface area (Å²) in [5.41, 5.74) is 1.36. The molecule has 3 aromatic rings. The zero-order valence-electron chi connectivity index (χ0n) is 14.4. The third-order valence-electron chi connectivity index (χ3n) is 4.32. The maximum Gasteiger partial charge on any atom is 0.255 e. The van der Waals surface area contributed by atoms with Crippen molar-refractivity contribution < 1.29 is 18.4 Å². The maximum absolute atomic E-state index is 13.4. The third kappa shape index (κ3) is 3.87. The third-order valence-corrected chi connectivity index (χ3v) is 4.32. The van der Waals surface area contributed by atoms with Crippen LogP contribution < -0.4 is 5.32 Å². The number of halogens is 1. The van der Waals surface area contributed by atoms with Gasteiger partial charge in [0.25, 0.3) is 11.8 Å². The highest BCUT2D eigenvalue weighted by Crippen LogP contribution is 2.27. The minimum atomic E-state index is -0.382. The summed E-state index contributed by atoms with van der Waals surface area (Å²) in [5, 5.41) is 13.4. The number of carbonyl (C=O) groups excluding carboxylic acids is 1. The Bertz CT molecular complexity index is 932. The van der Waals surface area contributed by atoms with Gasteiger partial charge in [0.1, 0.15) is 11.9 Å². The van der Waals surface area contributed by atoms with E-state index in [1.54, 1.807) is 12.1 Å². The Morgan fingerprint density at radius 2 is 2.33 bits per heavy atom. The zero-order chi connectivity index (χ0) is 18.6. The molecule has 1 atom stereocenters. The lowest BCUT2D eigenvalue weighted by Crippen LogP contribution is -2.26. The normalized spacial score (nSPS) is 16.6. The largest absolute Gasteiger partial charge is 0.368 e. The van der Waals surface area contributed by atoms with E-state index in [0.717, 1.165) is 12.8 Å². The van der Waals surface area contributed by atoms with E-state index in [0.29, 0.717) is 48.1 Å². The zero-order valence-corrected chi connectivity index (χ0v) is 14.4. The number of carbonyl (C=O) groups is 1. The first-order chi connectivity index (χ1) is 13.2. The fraction of sp³-hybridized carbons (Fsp3) is 0.333. The van der Waals surface area contributed by atoms with Gasteiger partial charge in [-0.3, -0.25) is 9.89 Å². The first kappa shape index (κ1) is 17.3. The van der Waals surface area contributed by atoms with E-state index in [4.69, 9.17) is 9.26 Å². The van der Waals surface area contributed by atoms with E-state index in [1.807, 2.05) is 0 Å². The van der Waals surface area contributed by atoms with Crippen LogP contribution in [0.4, 0.5) is 4.39 Å². The first-order valence-corrected chi connectivity index (χ1v) is 8.72. The van der Waals surface area contributed by atoms with Gasteiger partial charge in [-0.25, -0.2) is 4.39 Å². The number of aromatic nitrogens is 4. The summed E-state index contributed by atoms with van der Waals surface area (Å²) in [6, 6.07) is 5.97. The van der Waals surface area contributed by atoms with E-state index in [2.05, 4.69) is 25.7 Å². The van der Waals surface area contributed by atoms with Gasteiger partial charge in [-0.1, -0.05) is 17.3 Å². The summed E-state index contributed by atoms with van der Waals surface area (Å²) in [6.07, 6.45) is 3.58. The Kier molecular flexibility index (Phi) is 4.93. The summed E-state index contributed by atoms with van der Waals surface area (Å²) in [7, 11) is 0. The molecule has 3 heterocycles. The average Bonchev–Trinajstić information content (AvgIpc) is 3.41. The molecular formula is C18H18FN5O3. The fourth-order valence-corrected chi connectivity index (χ4v) is 2.98. The Morgan fingerprint density at radius 1 is 1.41 bits per heavy atom. The second kappa shape index (κ2) is 7.67. The molecule has 2 aromatic heterocycles. The quantitative estimate of drug-likeness (QED) is 0.689. The molecule has 0 spiro atoms. The smallest absolute Gasteiger partial charge is 0.255 e. The fourth-order valence-electron chi connectivity index (χ4n) is 2.98. The Labute approximate surface area is 154 Å². The van der Waals surface area contributed by atoms with Gasteiger partial charge in [0.15, 0.2) is 5.82 Å². The number of hydrogen-bond donors (Lipinski definition) is 2. The van der Waals surface area contributed by atoms with Crippen molar-refractivity contribution in [3.8, 4) is 11.3 Å².